The Morgan fingerprint density at radius 3 is 1.75 bits per heavy atom. The number of aromatic amines is 2. The van der Waals surface area contributed by atoms with Crippen molar-refractivity contribution in [3.05, 3.63) is 120 Å². The average molecular weight is 509 g/mol. The van der Waals surface area contributed by atoms with E-state index in [1.165, 1.54) is 49.8 Å². The van der Waals surface area contributed by atoms with Crippen LogP contribution in [0, 0.1) is 0 Å². The number of rotatable bonds is 7. The Hall–Kier alpha value is -2.92. The lowest BCUT2D eigenvalue weighted by Gasteiger charge is -2.32. The number of nitrogens with one attached hydrogen (secondary N) is 2. The van der Waals surface area contributed by atoms with Gasteiger partial charge in [0.25, 0.3) is 0 Å². The molecule has 0 saturated heterocycles. The quantitative estimate of drug-likeness (QED) is 0.209. The fourth-order valence-electron chi connectivity index (χ4n) is 5.16. The van der Waals surface area contributed by atoms with E-state index in [0.29, 0.717) is 0 Å². The Morgan fingerprint density at radius 1 is 0.722 bits per heavy atom. The molecule has 2 aromatic heterocycles. The lowest BCUT2D eigenvalue weighted by molar-refractivity contribution is 0.586. The summed E-state index contributed by atoms with van der Waals surface area (Å²) < 4.78 is 0. The summed E-state index contributed by atoms with van der Waals surface area (Å²) >= 11 is 0. The van der Waals surface area contributed by atoms with Crippen LogP contribution in [-0.4, -0.2) is 9.97 Å². The molecule has 0 radical (unpaired) electrons. The Labute approximate surface area is 218 Å². The van der Waals surface area contributed by atoms with Gasteiger partial charge in [0, 0.05) is 29.4 Å². The molecule has 1 unspecified atom stereocenters. The molecule has 0 aliphatic heterocycles. The minimum absolute atomic E-state index is 0.0354. The topological polar surface area (TPSA) is 31.6 Å². The second-order valence-corrected chi connectivity index (χ2v) is 12.7. The van der Waals surface area contributed by atoms with Crippen molar-refractivity contribution in [1.82, 2.24) is 9.97 Å². The highest BCUT2D eigenvalue weighted by molar-refractivity contribution is 7.71. The summed E-state index contributed by atoms with van der Waals surface area (Å²) in [6.45, 7) is 7.10. The Kier molecular flexibility index (Phi) is 7.29. The SMILES string of the molecule is CC(C)(C)c1c(CP(c2ccc[nH]2)c2ccc[nH]2)c(CP)cc(-c2ccccc2)c1-c1ccccc1. The molecule has 2 N–H and O–H groups in total. The van der Waals surface area contributed by atoms with E-state index in [0.717, 1.165) is 12.3 Å². The standard InChI is InChI=1S/C32H34N2P2/c1-32(2,3)31-27(22-36(28-16-10-18-33-28)29-17-11-19-34-29)25(21-35)20-26(23-12-6-4-7-13-23)30(31)24-14-8-5-9-15-24/h4-20,33-34H,21-22,35H2,1-3H3. The molecule has 0 saturated carbocycles. The number of hydrogen-bond donors (Lipinski definition) is 2. The second-order valence-electron chi connectivity index (χ2n) is 10.2. The van der Waals surface area contributed by atoms with Gasteiger partial charge in [-0.15, -0.1) is 9.24 Å². The first-order valence-electron chi connectivity index (χ1n) is 12.5. The van der Waals surface area contributed by atoms with Crippen molar-refractivity contribution in [3.63, 3.8) is 0 Å². The predicted molar refractivity (Wildman–Crippen MR) is 161 cm³/mol. The van der Waals surface area contributed by atoms with E-state index in [1.54, 1.807) is 0 Å². The van der Waals surface area contributed by atoms with Crippen LogP contribution >= 0.6 is 17.2 Å². The van der Waals surface area contributed by atoms with E-state index in [1.807, 2.05) is 12.4 Å². The Morgan fingerprint density at radius 2 is 1.28 bits per heavy atom. The Balaban J connectivity index is 1.82. The lowest BCUT2D eigenvalue weighted by Crippen LogP contribution is -2.21. The maximum Gasteiger partial charge on any atom is 0.0448 e. The molecule has 3 aromatic carbocycles. The van der Waals surface area contributed by atoms with Crippen molar-refractivity contribution in [3.8, 4) is 22.3 Å². The Bertz CT molecular complexity index is 1360. The van der Waals surface area contributed by atoms with Gasteiger partial charge in [0.15, 0.2) is 0 Å². The monoisotopic (exact) mass is 508 g/mol. The summed E-state index contributed by atoms with van der Waals surface area (Å²) in [6, 6.07) is 33.0. The van der Waals surface area contributed by atoms with Gasteiger partial charge in [0.05, 0.1) is 0 Å². The van der Waals surface area contributed by atoms with Crippen LogP contribution in [0.3, 0.4) is 0 Å². The van der Waals surface area contributed by atoms with Gasteiger partial charge in [0.2, 0.25) is 0 Å². The van der Waals surface area contributed by atoms with Gasteiger partial charge < -0.3 is 9.97 Å². The maximum absolute atomic E-state index is 3.53. The third kappa shape index (κ3) is 4.99. The van der Waals surface area contributed by atoms with Crippen molar-refractivity contribution in [2.24, 2.45) is 0 Å². The second kappa shape index (κ2) is 10.6. The van der Waals surface area contributed by atoms with Crippen LogP contribution in [0.1, 0.15) is 37.5 Å². The highest BCUT2D eigenvalue weighted by Crippen LogP contribution is 2.48. The first kappa shape index (κ1) is 24.8. The van der Waals surface area contributed by atoms with E-state index in [4.69, 9.17) is 0 Å². The van der Waals surface area contributed by atoms with E-state index < -0.39 is 7.92 Å². The van der Waals surface area contributed by atoms with E-state index in [-0.39, 0.29) is 5.41 Å². The lowest BCUT2D eigenvalue weighted by atomic mass is 9.75. The van der Waals surface area contributed by atoms with Gasteiger partial charge in [-0.2, -0.15) is 0 Å². The van der Waals surface area contributed by atoms with Crippen LogP contribution in [0.5, 0.6) is 0 Å². The maximum atomic E-state index is 3.53. The van der Waals surface area contributed by atoms with Gasteiger partial charge in [-0.1, -0.05) is 81.4 Å². The molecule has 4 heteroatoms. The van der Waals surface area contributed by atoms with Crippen LogP contribution in [0.15, 0.2) is 103 Å². The van der Waals surface area contributed by atoms with Crippen molar-refractivity contribution in [1.29, 1.82) is 0 Å². The normalized spacial score (nSPS) is 11.8. The molecule has 0 aliphatic carbocycles. The summed E-state index contributed by atoms with van der Waals surface area (Å²) in [4.78, 5) is 7.06. The molecular formula is C32H34N2P2. The largest absolute Gasteiger partial charge is 0.361 e. The molecule has 2 heterocycles. The first-order valence-corrected chi connectivity index (χ1v) is 14.9. The highest BCUT2D eigenvalue weighted by Gasteiger charge is 2.30. The molecular weight excluding hydrogens is 474 g/mol. The van der Waals surface area contributed by atoms with Crippen molar-refractivity contribution < 1.29 is 0 Å². The van der Waals surface area contributed by atoms with Gasteiger partial charge in [-0.3, -0.25) is 0 Å². The van der Waals surface area contributed by atoms with Crippen LogP contribution in [0.4, 0.5) is 0 Å². The molecule has 36 heavy (non-hydrogen) atoms. The van der Waals surface area contributed by atoms with E-state index in [2.05, 4.69) is 131 Å². The minimum atomic E-state index is -0.604. The zero-order valence-corrected chi connectivity index (χ0v) is 23.3. The zero-order chi connectivity index (χ0) is 25.1. The summed E-state index contributed by atoms with van der Waals surface area (Å²) in [6.07, 6.45) is 6.00. The molecule has 2 nitrogen and oxygen atoms in total. The molecule has 0 bridgehead atoms. The predicted octanol–water partition coefficient (Wildman–Crippen LogP) is 7.98. The third-order valence-corrected chi connectivity index (χ3v) is 9.50. The van der Waals surface area contributed by atoms with Gasteiger partial charge >= 0.3 is 0 Å². The van der Waals surface area contributed by atoms with Crippen LogP contribution in [0.25, 0.3) is 22.3 Å². The molecule has 182 valence electrons. The number of hydrogen-bond acceptors (Lipinski definition) is 0. The molecule has 5 rings (SSSR count). The van der Waals surface area contributed by atoms with Crippen molar-refractivity contribution in [2.45, 2.75) is 38.5 Å². The number of benzene rings is 3. The zero-order valence-electron chi connectivity index (χ0n) is 21.3. The fraction of sp³-hybridized carbons (Fsp3) is 0.188. The van der Waals surface area contributed by atoms with Crippen molar-refractivity contribution in [2.75, 3.05) is 0 Å². The van der Waals surface area contributed by atoms with Gasteiger partial charge in [0.1, 0.15) is 0 Å². The van der Waals surface area contributed by atoms with Crippen molar-refractivity contribution >= 4 is 28.0 Å². The first-order chi connectivity index (χ1) is 17.5. The number of H-pyrrole nitrogens is 2. The molecule has 0 fully saturated rings. The summed E-state index contributed by atoms with van der Waals surface area (Å²) in [5.41, 5.74) is 12.1. The van der Waals surface area contributed by atoms with Gasteiger partial charge in [-0.05, 0) is 88.8 Å². The van der Waals surface area contributed by atoms with Crippen LogP contribution < -0.4 is 10.9 Å². The summed E-state index contributed by atoms with van der Waals surface area (Å²) in [5, 5.41) is 0. The molecule has 5 aromatic rings. The minimum Gasteiger partial charge on any atom is -0.361 e. The van der Waals surface area contributed by atoms with Crippen LogP contribution in [0.2, 0.25) is 0 Å². The molecule has 0 aliphatic rings. The third-order valence-electron chi connectivity index (χ3n) is 6.71. The fourth-order valence-corrected chi connectivity index (χ4v) is 7.79. The summed E-state index contributed by atoms with van der Waals surface area (Å²) in [5.74, 6) is 0. The summed E-state index contributed by atoms with van der Waals surface area (Å²) in [7, 11) is 2.40. The molecule has 1 atom stereocenters. The molecule has 0 amide bonds. The highest BCUT2D eigenvalue weighted by atomic mass is 31.1. The van der Waals surface area contributed by atoms with Crippen LogP contribution in [-0.2, 0) is 17.7 Å². The molecule has 0 spiro atoms. The van der Waals surface area contributed by atoms with E-state index in [9.17, 15) is 0 Å². The van der Waals surface area contributed by atoms with Gasteiger partial charge in [-0.25, -0.2) is 0 Å². The smallest absolute Gasteiger partial charge is 0.0448 e. The average Bonchev–Trinajstić information content (AvgIpc) is 3.62. The number of aromatic nitrogens is 2. The van der Waals surface area contributed by atoms with E-state index >= 15 is 0 Å².